The van der Waals surface area contributed by atoms with Crippen LogP contribution in [0.5, 0.6) is 0 Å². The monoisotopic (exact) mass is 389 g/mol. The van der Waals surface area contributed by atoms with Crippen LogP contribution in [0.1, 0.15) is 0 Å². The van der Waals surface area contributed by atoms with Crippen molar-refractivity contribution in [1.29, 1.82) is 0 Å². The van der Waals surface area contributed by atoms with Gasteiger partial charge in [-0.05, 0) is 36.4 Å². The van der Waals surface area contributed by atoms with Gasteiger partial charge >= 0.3 is 8.25 Å². The van der Waals surface area contributed by atoms with E-state index in [0.717, 1.165) is 0 Å². The first-order valence-corrected chi connectivity index (χ1v) is 10.2. The predicted molar refractivity (Wildman–Crippen MR) is 105 cm³/mol. The SMILES string of the molecule is O=C[O-].O=[P+](O)O.c1ccc([PH+](c2ccccc2)c2ccccc2)cc1. The highest BCUT2D eigenvalue weighted by molar-refractivity contribution is 7.79. The van der Waals surface area contributed by atoms with Crippen molar-refractivity contribution in [3.05, 3.63) is 91.0 Å². The zero-order valence-corrected chi connectivity index (χ0v) is 15.7. The average molecular weight is 389 g/mol. The first-order chi connectivity index (χ1) is 12.6. The number of hydrogen-bond donors (Lipinski definition) is 2. The topological polar surface area (TPSA) is 97.7 Å². The number of carbonyl (C=O) groups excluding carboxylic acids is 1. The van der Waals surface area contributed by atoms with E-state index in [1.807, 2.05) is 0 Å². The smallest absolute Gasteiger partial charge is 0.554 e. The van der Waals surface area contributed by atoms with Crippen LogP contribution in [0.2, 0.25) is 0 Å². The summed E-state index contributed by atoms with van der Waals surface area (Å²) in [5.74, 6) is 0. The zero-order valence-electron chi connectivity index (χ0n) is 13.8. The molecule has 0 aliphatic heterocycles. The molecule has 0 spiro atoms. The van der Waals surface area contributed by atoms with Crippen LogP contribution in [-0.2, 0) is 9.36 Å². The lowest BCUT2D eigenvalue weighted by Crippen LogP contribution is -2.20. The maximum absolute atomic E-state index is 8.70. The zero-order chi connectivity index (χ0) is 19.2. The Kier molecular flexibility index (Phi) is 10.7. The average Bonchev–Trinajstić information content (AvgIpc) is 2.65. The normalized spacial score (nSPS) is 9.19. The van der Waals surface area contributed by atoms with E-state index in [1.54, 1.807) is 0 Å². The number of carbonyl (C=O) groups is 1. The van der Waals surface area contributed by atoms with Crippen LogP contribution in [0, 0.1) is 0 Å². The molecule has 0 radical (unpaired) electrons. The van der Waals surface area contributed by atoms with Crippen LogP contribution in [0.25, 0.3) is 0 Å². The van der Waals surface area contributed by atoms with Gasteiger partial charge in [0.2, 0.25) is 0 Å². The molecule has 0 heterocycles. The van der Waals surface area contributed by atoms with Crippen LogP contribution in [0.3, 0.4) is 0 Å². The molecule has 5 nitrogen and oxygen atoms in total. The summed E-state index contributed by atoms with van der Waals surface area (Å²) < 4.78 is 8.70. The van der Waals surface area contributed by atoms with Crippen LogP contribution in [-0.4, -0.2) is 16.3 Å². The van der Waals surface area contributed by atoms with Gasteiger partial charge in [-0.3, -0.25) is 0 Å². The fraction of sp³-hybridized carbons (Fsp3) is 0. The highest BCUT2D eigenvalue weighted by Gasteiger charge is 2.24. The van der Waals surface area contributed by atoms with Crippen molar-refractivity contribution < 1.29 is 24.3 Å². The molecule has 0 aliphatic rings. The number of carboxylic acid groups (broad SMARTS) is 1. The lowest BCUT2D eigenvalue weighted by Gasteiger charge is -2.10. The maximum Gasteiger partial charge on any atom is 0.692 e. The Labute approximate surface area is 154 Å². The van der Waals surface area contributed by atoms with Gasteiger partial charge in [-0.15, -0.1) is 9.79 Å². The number of hydrogen-bond acceptors (Lipinski definition) is 3. The maximum atomic E-state index is 8.70. The molecule has 3 aromatic rings. The highest BCUT2D eigenvalue weighted by Crippen LogP contribution is 2.32. The van der Waals surface area contributed by atoms with Crippen molar-refractivity contribution in [3.63, 3.8) is 0 Å². The molecular weight excluding hydrogens is 370 g/mol. The van der Waals surface area contributed by atoms with E-state index in [-0.39, 0.29) is 0 Å². The van der Waals surface area contributed by atoms with E-state index >= 15 is 0 Å². The highest BCUT2D eigenvalue weighted by atomic mass is 31.1. The molecule has 0 bridgehead atoms. The Morgan fingerprint density at radius 2 is 0.885 bits per heavy atom. The van der Waals surface area contributed by atoms with Crippen molar-refractivity contribution in [1.82, 2.24) is 0 Å². The lowest BCUT2D eigenvalue weighted by molar-refractivity contribution is -0.283. The molecule has 134 valence electrons. The largest absolute Gasteiger partial charge is 0.692 e. The Morgan fingerprint density at radius 1 is 0.692 bits per heavy atom. The third kappa shape index (κ3) is 8.11. The van der Waals surface area contributed by atoms with Crippen molar-refractivity contribution in [2.75, 3.05) is 0 Å². The third-order valence-corrected chi connectivity index (χ3v) is 5.92. The van der Waals surface area contributed by atoms with Crippen LogP contribution >= 0.6 is 16.2 Å². The molecule has 0 fully saturated rings. The second-order valence-electron chi connectivity index (χ2n) is 4.82. The standard InChI is InChI=1S/C18H15P.CH2O2.HO3P/c1-4-10-16(11-5-1)19(17-12-6-2-7-13-17)18-14-8-3-9-15-18;2-1-3;1-4(2)3/h1-15H;1H,(H,2,3);(H-,1,2,3)/p+1. The molecule has 3 rings (SSSR count). The van der Waals surface area contributed by atoms with Gasteiger partial charge in [0, 0.05) is 11.0 Å². The van der Waals surface area contributed by atoms with Gasteiger partial charge in [0.1, 0.15) is 15.9 Å². The van der Waals surface area contributed by atoms with Gasteiger partial charge in [-0.25, -0.2) is 0 Å². The molecule has 0 saturated carbocycles. The van der Waals surface area contributed by atoms with Gasteiger partial charge in [0.15, 0.2) is 0 Å². The van der Waals surface area contributed by atoms with E-state index in [2.05, 4.69) is 91.0 Å². The Morgan fingerprint density at radius 3 is 1.08 bits per heavy atom. The molecule has 2 N–H and O–H groups in total. The van der Waals surface area contributed by atoms with Crippen molar-refractivity contribution >= 4 is 38.6 Å². The minimum atomic E-state index is -2.87. The second kappa shape index (κ2) is 12.9. The Bertz CT molecular complexity index is 670. The fourth-order valence-electron chi connectivity index (χ4n) is 2.31. The summed E-state index contributed by atoms with van der Waals surface area (Å²) in [7, 11) is -3.75. The summed E-state index contributed by atoms with van der Waals surface area (Å²) in [4.78, 5) is 22.5. The minimum Gasteiger partial charge on any atom is -0.554 e. The summed E-state index contributed by atoms with van der Waals surface area (Å²) in [6.45, 7) is -0.500. The van der Waals surface area contributed by atoms with Gasteiger partial charge in [0.25, 0.3) is 0 Å². The van der Waals surface area contributed by atoms with E-state index < -0.39 is 22.6 Å². The molecule has 0 aromatic heterocycles. The van der Waals surface area contributed by atoms with Gasteiger partial charge < -0.3 is 9.90 Å². The molecular formula is C19H19O5P2+. The first kappa shape index (κ1) is 21.6. The van der Waals surface area contributed by atoms with Crippen LogP contribution in [0.4, 0.5) is 0 Å². The summed E-state index contributed by atoms with van der Waals surface area (Å²) >= 11 is 0. The number of rotatable bonds is 3. The first-order valence-electron chi connectivity index (χ1n) is 7.54. The second-order valence-corrected chi connectivity index (χ2v) is 7.81. The summed E-state index contributed by atoms with van der Waals surface area (Å²) in [6.07, 6.45) is 0. The molecule has 0 unspecified atom stereocenters. The van der Waals surface area contributed by atoms with Crippen molar-refractivity contribution in [2.45, 2.75) is 0 Å². The predicted octanol–water partition coefficient (Wildman–Crippen LogP) is 1.17. The van der Waals surface area contributed by atoms with Crippen molar-refractivity contribution in [3.8, 4) is 0 Å². The van der Waals surface area contributed by atoms with Gasteiger partial charge in [0.05, 0.1) is 7.92 Å². The molecule has 26 heavy (non-hydrogen) atoms. The Balaban J connectivity index is 0.000000419. The minimum absolute atomic E-state index is 0.500. The molecule has 0 saturated heterocycles. The summed E-state index contributed by atoms with van der Waals surface area (Å²) in [5.41, 5.74) is 0. The van der Waals surface area contributed by atoms with Gasteiger partial charge in [-0.2, -0.15) is 0 Å². The lowest BCUT2D eigenvalue weighted by atomic mass is 10.4. The van der Waals surface area contributed by atoms with Crippen LogP contribution < -0.4 is 21.0 Å². The number of benzene rings is 3. The van der Waals surface area contributed by atoms with Crippen molar-refractivity contribution in [2.24, 2.45) is 0 Å². The molecule has 0 amide bonds. The van der Waals surface area contributed by atoms with Gasteiger partial charge in [-0.1, -0.05) is 54.6 Å². The quantitative estimate of drug-likeness (QED) is 0.518. The Hall–Kier alpha value is -2.42. The van der Waals surface area contributed by atoms with E-state index in [1.165, 1.54) is 15.9 Å². The molecule has 0 aliphatic carbocycles. The van der Waals surface area contributed by atoms with E-state index in [4.69, 9.17) is 24.3 Å². The van der Waals surface area contributed by atoms with Crippen LogP contribution in [0.15, 0.2) is 91.0 Å². The fourth-order valence-corrected chi connectivity index (χ4v) is 4.89. The molecule has 0 atom stereocenters. The summed E-state index contributed by atoms with van der Waals surface area (Å²) in [6, 6.07) is 32.5. The van der Waals surface area contributed by atoms with E-state index in [0.29, 0.717) is 0 Å². The molecule has 7 heteroatoms. The molecule has 3 aromatic carbocycles. The summed E-state index contributed by atoms with van der Waals surface area (Å²) in [5, 5.41) is 12.6. The van der Waals surface area contributed by atoms with E-state index in [9.17, 15) is 0 Å². The third-order valence-electron chi connectivity index (χ3n) is 3.19.